The van der Waals surface area contributed by atoms with Gasteiger partial charge in [-0.3, -0.25) is 4.79 Å². The summed E-state index contributed by atoms with van der Waals surface area (Å²) in [6.45, 7) is 8.74. The molecule has 0 aliphatic heterocycles. The SMILES string of the molecule is CC(C)CC(C)N(C)C(=O)C1CC(N)CCC1C. The average Bonchev–Trinajstić information content (AvgIpc) is 2.29. The second-order valence-electron chi connectivity index (χ2n) is 6.58. The highest BCUT2D eigenvalue weighted by atomic mass is 16.2. The van der Waals surface area contributed by atoms with Crippen molar-refractivity contribution in [2.24, 2.45) is 23.5 Å². The maximum Gasteiger partial charge on any atom is 0.225 e. The molecule has 18 heavy (non-hydrogen) atoms. The molecule has 0 spiro atoms. The van der Waals surface area contributed by atoms with Gasteiger partial charge >= 0.3 is 0 Å². The maximum atomic E-state index is 12.5. The highest BCUT2D eigenvalue weighted by Crippen LogP contribution is 2.31. The molecule has 1 aliphatic rings. The predicted molar refractivity (Wildman–Crippen MR) is 76.2 cm³/mol. The van der Waals surface area contributed by atoms with Crippen LogP contribution in [0.5, 0.6) is 0 Å². The molecule has 0 aromatic carbocycles. The Labute approximate surface area is 112 Å². The van der Waals surface area contributed by atoms with Gasteiger partial charge in [-0.1, -0.05) is 20.8 Å². The second-order valence-corrected chi connectivity index (χ2v) is 6.58. The van der Waals surface area contributed by atoms with Crippen LogP contribution in [0.1, 0.15) is 53.4 Å². The molecule has 0 bridgehead atoms. The van der Waals surface area contributed by atoms with E-state index >= 15 is 0 Å². The van der Waals surface area contributed by atoms with Crippen LogP contribution in [0.15, 0.2) is 0 Å². The molecule has 0 aromatic heterocycles. The largest absolute Gasteiger partial charge is 0.343 e. The Kier molecular flexibility index (Phi) is 5.64. The Balaban J connectivity index is 2.61. The fourth-order valence-electron chi connectivity index (χ4n) is 3.02. The van der Waals surface area contributed by atoms with Crippen molar-refractivity contribution in [3.05, 3.63) is 0 Å². The molecule has 106 valence electrons. The number of rotatable bonds is 4. The summed E-state index contributed by atoms with van der Waals surface area (Å²) in [6.07, 6.45) is 4.08. The number of nitrogens with zero attached hydrogens (tertiary/aromatic N) is 1. The first-order valence-corrected chi connectivity index (χ1v) is 7.35. The molecule has 1 amide bonds. The van der Waals surface area contributed by atoms with Gasteiger partial charge in [0.05, 0.1) is 0 Å². The third-order valence-electron chi connectivity index (χ3n) is 4.37. The van der Waals surface area contributed by atoms with Gasteiger partial charge in [0.1, 0.15) is 0 Å². The number of carbonyl (C=O) groups excluding carboxylic acids is 1. The summed E-state index contributed by atoms with van der Waals surface area (Å²) in [6, 6.07) is 0.534. The minimum Gasteiger partial charge on any atom is -0.343 e. The molecular formula is C15H30N2O. The fourth-order valence-corrected chi connectivity index (χ4v) is 3.02. The van der Waals surface area contributed by atoms with Gasteiger partial charge < -0.3 is 10.6 Å². The van der Waals surface area contributed by atoms with Crippen molar-refractivity contribution in [3.8, 4) is 0 Å². The lowest BCUT2D eigenvalue weighted by Crippen LogP contribution is -2.45. The first-order chi connectivity index (χ1) is 8.32. The van der Waals surface area contributed by atoms with E-state index in [0.717, 1.165) is 25.7 Å². The van der Waals surface area contributed by atoms with Gasteiger partial charge in [-0.05, 0) is 44.4 Å². The molecule has 3 nitrogen and oxygen atoms in total. The standard InChI is InChI=1S/C15H30N2O/c1-10(2)8-12(4)17(5)15(18)14-9-13(16)7-6-11(14)3/h10-14H,6-9,16H2,1-5H3. The highest BCUT2D eigenvalue weighted by molar-refractivity contribution is 5.79. The van der Waals surface area contributed by atoms with E-state index in [1.54, 1.807) is 0 Å². The van der Waals surface area contributed by atoms with Crippen LogP contribution in [0.4, 0.5) is 0 Å². The lowest BCUT2D eigenvalue weighted by Gasteiger charge is -2.36. The smallest absolute Gasteiger partial charge is 0.225 e. The zero-order valence-electron chi connectivity index (χ0n) is 12.6. The van der Waals surface area contributed by atoms with Crippen molar-refractivity contribution in [3.63, 3.8) is 0 Å². The zero-order chi connectivity index (χ0) is 13.9. The van der Waals surface area contributed by atoms with E-state index in [0.29, 0.717) is 23.8 Å². The van der Waals surface area contributed by atoms with Crippen molar-refractivity contribution in [1.29, 1.82) is 0 Å². The van der Waals surface area contributed by atoms with E-state index in [1.807, 2.05) is 11.9 Å². The number of hydrogen-bond donors (Lipinski definition) is 1. The Morgan fingerprint density at radius 3 is 2.50 bits per heavy atom. The van der Waals surface area contributed by atoms with Crippen molar-refractivity contribution in [2.75, 3.05) is 7.05 Å². The van der Waals surface area contributed by atoms with Crippen molar-refractivity contribution < 1.29 is 4.79 Å². The molecular weight excluding hydrogens is 224 g/mol. The van der Waals surface area contributed by atoms with E-state index in [9.17, 15) is 4.79 Å². The van der Waals surface area contributed by atoms with E-state index in [2.05, 4.69) is 27.7 Å². The van der Waals surface area contributed by atoms with Crippen LogP contribution in [0.2, 0.25) is 0 Å². The van der Waals surface area contributed by atoms with Gasteiger partial charge in [-0.15, -0.1) is 0 Å². The molecule has 0 aromatic rings. The molecule has 0 saturated heterocycles. The van der Waals surface area contributed by atoms with E-state index in [-0.39, 0.29) is 12.0 Å². The van der Waals surface area contributed by atoms with Crippen molar-refractivity contribution in [1.82, 2.24) is 4.90 Å². The molecule has 1 fully saturated rings. The van der Waals surface area contributed by atoms with Gasteiger partial charge in [0, 0.05) is 25.0 Å². The van der Waals surface area contributed by atoms with E-state index in [4.69, 9.17) is 5.73 Å². The van der Waals surface area contributed by atoms with E-state index < -0.39 is 0 Å². The normalized spacial score (nSPS) is 30.3. The summed E-state index contributed by atoms with van der Waals surface area (Å²) >= 11 is 0. The van der Waals surface area contributed by atoms with Gasteiger partial charge in [-0.25, -0.2) is 0 Å². The summed E-state index contributed by atoms with van der Waals surface area (Å²) in [5.41, 5.74) is 6.01. The number of hydrogen-bond acceptors (Lipinski definition) is 2. The summed E-state index contributed by atoms with van der Waals surface area (Å²) < 4.78 is 0. The van der Waals surface area contributed by atoms with Crippen LogP contribution < -0.4 is 5.73 Å². The number of nitrogens with two attached hydrogens (primary N) is 1. The molecule has 1 saturated carbocycles. The number of carbonyl (C=O) groups is 1. The molecule has 0 heterocycles. The summed E-state index contributed by atoms with van der Waals surface area (Å²) in [5.74, 6) is 1.53. The first kappa shape index (κ1) is 15.5. The third kappa shape index (κ3) is 3.98. The zero-order valence-corrected chi connectivity index (χ0v) is 12.6. The lowest BCUT2D eigenvalue weighted by molar-refractivity contribution is -0.139. The topological polar surface area (TPSA) is 46.3 Å². The molecule has 1 aliphatic carbocycles. The molecule has 1 rings (SSSR count). The monoisotopic (exact) mass is 254 g/mol. The Morgan fingerprint density at radius 1 is 1.33 bits per heavy atom. The van der Waals surface area contributed by atoms with Crippen molar-refractivity contribution in [2.45, 2.75) is 65.5 Å². The third-order valence-corrected chi connectivity index (χ3v) is 4.37. The molecule has 2 N–H and O–H groups in total. The van der Waals surface area contributed by atoms with Gasteiger partial charge in [-0.2, -0.15) is 0 Å². The Hall–Kier alpha value is -0.570. The maximum absolute atomic E-state index is 12.5. The van der Waals surface area contributed by atoms with Gasteiger partial charge in [0.2, 0.25) is 5.91 Å². The minimum atomic E-state index is 0.133. The van der Waals surface area contributed by atoms with Crippen molar-refractivity contribution >= 4 is 5.91 Å². The number of amides is 1. The van der Waals surface area contributed by atoms with Crippen LogP contribution in [-0.2, 0) is 4.79 Å². The summed E-state index contributed by atoms with van der Waals surface area (Å²) in [7, 11) is 1.95. The minimum absolute atomic E-state index is 0.133. The quantitative estimate of drug-likeness (QED) is 0.838. The first-order valence-electron chi connectivity index (χ1n) is 7.35. The predicted octanol–water partition coefficient (Wildman–Crippen LogP) is 2.64. The van der Waals surface area contributed by atoms with Crippen LogP contribution in [0.25, 0.3) is 0 Å². The second kappa shape index (κ2) is 6.55. The average molecular weight is 254 g/mol. The van der Waals surface area contributed by atoms with E-state index in [1.165, 1.54) is 0 Å². The van der Waals surface area contributed by atoms with Crippen LogP contribution >= 0.6 is 0 Å². The molecule has 3 heteroatoms. The Morgan fingerprint density at radius 2 is 1.94 bits per heavy atom. The molecule has 0 radical (unpaired) electrons. The van der Waals surface area contributed by atoms with Gasteiger partial charge in [0.15, 0.2) is 0 Å². The summed E-state index contributed by atoms with van der Waals surface area (Å²) in [5, 5.41) is 0. The molecule has 4 unspecified atom stereocenters. The fraction of sp³-hybridized carbons (Fsp3) is 0.933. The lowest BCUT2D eigenvalue weighted by atomic mass is 9.77. The Bertz CT molecular complexity index is 278. The van der Waals surface area contributed by atoms with Crippen LogP contribution in [-0.4, -0.2) is 29.9 Å². The van der Waals surface area contributed by atoms with Crippen LogP contribution in [0, 0.1) is 17.8 Å². The highest BCUT2D eigenvalue weighted by Gasteiger charge is 2.34. The summed E-state index contributed by atoms with van der Waals surface area (Å²) in [4.78, 5) is 14.5. The van der Waals surface area contributed by atoms with Gasteiger partial charge in [0.25, 0.3) is 0 Å². The molecule has 4 atom stereocenters. The van der Waals surface area contributed by atoms with Crippen LogP contribution in [0.3, 0.4) is 0 Å².